The molecule has 0 fully saturated rings. The monoisotopic (exact) mass is 390 g/mol. The van der Waals surface area contributed by atoms with Gasteiger partial charge in [-0.1, -0.05) is 6.92 Å². The van der Waals surface area contributed by atoms with Crippen molar-refractivity contribution in [2.24, 2.45) is 0 Å². The second-order valence-electron chi connectivity index (χ2n) is 5.26. The van der Waals surface area contributed by atoms with Gasteiger partial charge in [-0.2, -0.15) is 9.57 Å². The molecule has 0 saturated carbocycles. The topological polar surface area (TPSA) is 103 Å². The number of likely N-dealkylation sites (N-methyl/N-ethyl adjacent to an activating group) is 1. The number of sulfonamides is 1. The predicted octanol–water partition coefficient (Wildman–Crippen LogP) is 2.32. The van der Waals surface area contributed by atoms with Crippen LogP contribution >= 0.6 is 11.8 Å². The van der Waals surface area contributed by atoms with Crippen LogP contribution in [0.25, 0.3) is 0 Å². The van der Waals surface area contributed by atoms with Crippen molar-refractivity contribution < 1.29 is 13.2 Å². The average Bonchev–Trinajstić information content (AvgIpc) is 2.63. The first-order valence-electron chi connectivity index (χ1n) is 7.72. The van der Waals surface area contributed by atoms with Crippen molar-refractivity contribution in [2.45, 2.75) is 16.8 Å². The molecule has 1 aromatic heterocycles. The number of rotatable bonds is 7. The van der Waals surface area contributed by atoms with Crippen LogP contribution in [0.5, 0.6) is 0 Å². The molecule has 1 heterocycles. The Bertz CT molecular complexity index is 905. The largest absolute Gasteiger partial charge is 0.324 e. The van der Waals surface area contributed by atoms with Gasteiger partial charge in [-0.3, -0.25) is 4.79 Å². The van der Waals surface area contributed by atoms with E-state index in [2.05, 4.69) is 10.3 Å². The average molecular weight is 390 g/mol. The van der Waals surface area contributed by atoms with E-state index in [4.69, 9.17) is 5.26 Å². The maximum Gasteiger partial charge on any atom is 0.243 e. The fourth-order valence-electron chi connectivity index (χ4n) is 2.06. The Hall–Kier alpha value is -2.41. The van der Waals surface area contributed by atoms with Crippen LogP contribution in [0.4, 0.5) is 5.69 Å². The van der Waals surface area contributed by atoms with Gasteiger partial charge in [0.25, 0.3) is 0 Å². The minimum absolute atomic E-state index is 0.0226. The Kier molecular flexibility index (Phi) is 6.74. The second kappa shape index (κ2) is 8.80. The zero-order valence-corrected chi connectivity index (χ0v) is 16.0. The van der Waals surface area contributed by atoms with E-state index in [9.17, 15) is 13.2 Å². The lowest BCUT2D eigenvalue weighted by Gasteiger charge is -2.17. The lowest BCUT2D eigenvalue weighted by atomic mass is 10.2. The molecule has 9 heteroatoms. The highest BCUT2D eigenvalue weighted by Crippen LogP contribution is 2.17. The first kappa shape index (κ1) is 19.9. The number of amides is 1. The molecular weight excluding hydrogens is 372 g/mol. The number of thioether (sulfide) groups is 1. The summed E-state index contributed by atoms with van der Waals surface area (Å²) in [6.45, 7) is 1.68. The standard InChI is InChI=1S/C17H18N4O3S2/c1-3-25-17-9-6-14(11-19-17)20-16(22)12-21(2)26(23,24)15-7-4-13(10-18)5-8-15/h4-9,11H,3,12H2,1-2H3,(H,20,22). The number of hydrogen-bond donors (Lipinski definition) is 1. The Labute approximate surface area is 157 Å². The third-order valence-corrected chi connectivity index (χ3v) is 6.01. The Morgan fingerprint density at radius 3 is 2.50 bits per heavy atom. The van der Waals surface area contributed by atoms with E-state index in [1.165, 1.54) is 37.5 Å². The molecule has 0 unspecified atom stereocenters. The molecule has 0 saturated heterocycles. The number of carbonyl (C=O) groups excluding carboxylic acids is 1. The molecule has 0 atom stereocenters. The highest BCUT2D eigenvalue weighted by atomic mass is 32.2. The predicted molar refractivity (Wildman–Crippen MR) is 100 cm³/mol. The SMILES string of the molecule is CCSc1ccc(NC(=O)CN(C)S(=O)(=O)c2ccc(C#N)cc2)cn1. The third kappa shape index (κ3) is 5.05. The maximum atomic E-state index is 12.5. The third-order valence-electron chi connectivity index (χ3n) is 3.37. The van der Waals surface area contributed by atoms with E-state index < -0.39 is 15.9 Å². The summed E-state index contributed by atoms with van der Waals surface area (Å²) >= 11 is 1.59. The van der Waals surface area contributed by atoms with Crippen molar-refractivity contribution >= 4 is 33.4 Å². The summed E-state index contributed by atoms with van der Waals surface area (Å²) < 4.78 is 25.9. The molecule has 7 nitrogen and oxygen atoms in total. The van der Waals surface area contributed by atoms with Crippen LogP contribution in [0.2, 0.25) is 0 Å². The first-order chi connectivity index (χ1) is 12.4. The minimum Gasteiger partial charge on any atom is -0.324 e. The van der Waals surface area contributed by atoms with Crippen molar-refractivity contribution in [2.75, 3.05) is 24.7 Å². The fraction of sp³-hybridized carbons (Fsp3) is 0.235. The summed E-state index contributed by atoms with van der Waals surface area (Å²) in [5.41, 5.74) is 0.862. The molecule has 2 aromatic rings. The van der Waals surface area contributed by atoms with Crippen molar-refractivity contribution in [3.63, 3.8) is 0 Å². The Balaban J connectivity index is 2.01. The summed E-state index contributed by atoms with van der Waals surface area (Å²) in [5, 5.41) is 12.3. The van der Waals surface area contributed by atoms with Gasteiger partial charge < -0.3 is 5.32 Å². The Morgan fingerprint density at radius 2 is 1.96 bits per heavy atom. The summed E-state index contributed by atoms with van der Waals surface area (Å²) in [7, 11) is -2.50. The van der Waals surface area contributed by atoms with Gasteiger partial charge in [-0.05, 0) is 42.2 Å². The molecule has 0 bridgehead atoms. The number of nitriles is 1. The number of pyridine rings is 1. The normalized spacial score (nSPS) is 11.2. The molecule has 2 rings (SSSR count). The van der Waals surface area contributed by atoms with Gasteiger partial charge in [0.05, 0.1) is 40.0 Å². The highest BCUT2D eigenvalue weighted by Gasteiger charge is 2.23. The number of anilines is 1. The van der Waals surface area contributed by atoms with Gasteiger partial charge in [0.15, 0.2) is 0 Å². The van der Waals surface area contributed by atoms with Gasteiger partial charge in [-0.15, -0.1) is 11.8 Å². The molecule has 0 aliphatic rings. The molecule has 0 aliphatic heterocycles. The van der Waals surface area contributed by atoms with Crippen molar-refractivity contribution in [1.82, 2.24) is 9.29 Å². The molecule has 1 aromatic carbocycles. The summed E-state index contributed by atoms with van der Waals surface area (Å²) in [6, 6.07) is 11.0. The summed E-state index contributed by atoms with van der Waals surface area (Å²) in [6.07, 6.45) is 1.53. The minimum atomic E-state index is -3.82. The van der Waals surface area contributed by atoms with E-state index in [1.807, 2.05) is 13.0 Å². The highest BCUT2D eigenvalue weighted by molar-refractivity contribution is 7.99. The number of nitrogens with zero attached hydrogens (tertiary/aromatic N) is 3. The number of aromatic nitrogens is 1. The van der Waals surface area contributed by atoms with E-state index in [1.54, 1.807) is 23.9 Å². The lowest BCUT2D eigenvalue weighted by Crippen LogP contribution is -2.35. The molecule has 1 N–H and O–H groups in total. The van der Waals surface area contributed by atoms with E-state index in [0.29, 0.717) is 11.3 Å². The molecule has 1 amide bonds. The molecular formula is C17H18N4O3S2. The van der Waals surface area contributed by atoms with Crippen LogP contribution in [0, 0.1) is 11.3 Å². The first-order valence-corrected chi connectivity index (χ1v) is 10.1. The van der Waals surface area contributed by atoms with Crippen molar-refractivity contribution in [1.29, 1.82) is 5.26 Å². The van der Waals surface area contributed by atoms with Crippen LogP contribution in [-0.4, -0.2) is 43.0 Å². The number of benzene rings is 1. The van der Waals surface area contributed by atoms with Gasteiger partial charge in [0, 0.05) is 7.05 Å². The zero-order chi connectivity index (χ0) is 19.2. The van der Waals surface area contributed by atoms with E-state index in [0.717, 1.165) is 15.1 Å². The second-order valence-corrected chi connectivity index (χ2v) is 8.59. The van der Waals surface area contributed by atoms with Crippen LogP contribution in [0.15, 0.2) is 52.5 Å². The molecule has 0 spiro atoms. The fourth-order valence-corrected chi connectivity index (χ4v) is 3.77. The van der Waals surface area contributed by atoms with Gasteiger partial charge in [0.2, 0.25) is 15.9 Å². The quantitative estimate of drug-likeness (QED) is 0.728. The zero-order valence-electron chi connectivity index (χ0n) is 14.3. The van der Waals surface area contributed by atoms with Gasteiger partial charge in [-0.25, -0.2) is 13.4 Å². The summed E-state index contributed by atoms with van der Waals surface area (Å²) in [4.78, 5) is 16.3. The van der Waals surface area contributed by atoms with E-state index in [-0.39, 0.29) is 11.4 Å². The van der Waals surface area contributed by atoms with Gasteiger partial charge in [0.1, 0.15) is 0 Å². The van der Waals surface area contributed by atoms with Crippen molar-refractivity contribution in [3.05, 3.63) is 48.2 Å². The molecule has 0 radical (unpaired) electrons. The number of carbonyl (C=O) groups is 1. The number of nitrogens with one attached hydrogen (secondary N) is 1. The molecule has 136 valence electrons. The van der Waals surface area contributed by atoms with Crippen LogP contribution in [0.3, 0.4) is 0 Å². The van der Waals surface area contributed by atoms with Gasteiger partial charge >= 0.3 is 0 Å². The van der Waals surface area contributed by atoms with Crippen LogP contribution < -0.4 is 5.32 Å². The summed E-state index contributed by atoms with van der Waals surface area (Å²) in [5.74, 6) is 0.430. The van der Waals surface area contributed by atoms with Crippen LogP contribution in [0.1, 0.15) is 12.5 Å². The molecule has 0 aliphatic carbocycles. The molecule has 26 heavy (non-hydrogen) atoms. The van der Waals surface area contributed by atoms with Crippen LogP contribution in [-0.2, 0) is 14.8 Å². The van der Waals surface area contributed by atoms with Crippen molar-refractivity contribution in [3.8, 4) is 6.07 Å². The maximum absolute atomic E-state index is 12.5. The van der Waals surface area contributed by atoms with E-state index >= 15 is 0 Å². The number of hydrogen-bond acceptors (Lipinski definition) is 6. The Morgan fingerprint density at radius 1 is 1.27 bits per heavy atom. The lowest BCUT2D eigenvalue weighted by molar-refractivity contribution is -0.116. The smallest absolute Gasteiger partial charge is 0.243 e.